The second kappa shape index (κ2) is 7.23. The Morgan fingerprint density at radius 2 is 2.15 bits per heavy atom. The zero-order valence-corrected chi connectivity index (χ0v) is 14.2. The molecule has 2 aliphatic heterocycles. The third-order valence-electron chi connectivity index (χ3n) is 4.33. The fraction of sp³-hybridized carbons (Fsp3) is 0.150. The van der Waals surface area contributed by atoms with Gasteiger partial charge in [-0.3, -0.25) is 14.8 Å². The maximum Gasteiger partial charge on any atom is 0.269 e. The smallest absolute Gasteiger partial charge is 0.269 e. The Morgan fingerprint density at radius 1 is 1.19 bits per heavy atom. The standard InChI is InChI=1S/C20H19N5O/c26-20(23-14-16-7-1-3-10-22-16)19-17-8-2-4-11-25(17)18(24-19)12-15-6-5-9-21-13-15/h1-11,13,18,24H,12,14H2,(H,23,26). The van der Waals surface area contributed by atoms with Gasteiger partial charge in [-0.2, -0.15) is 0 Å². The number of rotatable bonds is 5. The van der Waals surface area contributed by atoms with Crippen molar-refractivity contribution >= 4 is 5.91 Å². The molecule has 0 saturated carbocycles. The Hall–Kier alpha value is -3.41. The molecule has 2 aliphatic rings. The highest BCUT2D eigenvalue weighted by molar-refractivity contribution is 5.94. The van der Waals surface area contributed by atoms with Gasteiger partial charge in [0.15, 0.2) is 0 Å². The van der Waals surface area contributed by atoms with Crippen molar-refractivity contribution in [2.24, 2.45) is 0 Å². The lowest BCUT2D eigenvalue weighted by Gasteiger charge is -2.25. The quantitative estimate of drug-likeness (QED) is 0.866. The van der Waals surface area contributed by atoms with Gasteiger partial charge in [-0.05, 0) is 35.9 Å². The van der Waals surface area contributed by atoms with Crippen molar-refractivity contribution in [3.8, 4) is 0 Å². The molecule has 1 amide bonds. The van der Waals surface area contributed by atoms with E-state index in [4.69, 9.17) is 0 Å². The summed E-state index contributed by atoms with van der Waals surface area (Å²) in [6.45, 7) is 0.394. The fourth-order valence-electron chi connectivity index (χ4n) is 3.09. The molecule has 4 rings (SSSR count). The molecular weight excluding hydrogens is 326 g/mol. The fourth-order valence-corrected chi connectivity index (χ4v) is 3.09. The predicted molar refractivity (Wildman–Crippen MR) is 98.1 cm³/mol. The summed E-state index contributed by atoms with van der Waals surface area (Å²) >= 11 is 0. The number of carbonyl (C=O) groups excluding carboxylic acids is 1. The SMILES string of the molecule is O=C(NCc1ccccn1)C1=C2C=CC=CN2C(Cc2cccnc2)N1. The van der Waals surface area contributed by atoms with E-state index in [0.29, 0.717) is 12.2 Å². The van der Waals surface area contributed by atoms with Gasteiger partial charge in [0.25, 0.3) is 5.91 Å². The molecule has 0 fully saturated rings. The van der Waals surface area contributed by atoms with Crippen LogP contribution in [0, 0.1) is 0 Å². The minimum absolute atomic E-state index is 0.0222. The number of nitrogens with zero attached hydrogens (tertiary/aromatic N) is 3. The highest BCUT2D eigenvalue weighted by Crippen LogP contribution is 2.26. The Morgan fingerprint density at radius 3 is 2.96 bits per heavy atom. The van der Waals surface area contributed by atoms with Crippen LogP contribution in [-0.4, -0.2) is 26.9 Å². The number of hydrogen-bond acceptors (Lipinski definition) is 5. The molecule has 0 saturated heterocycles. The molecule has 6 heteroatoms. The summed E-state index contributed by atoms with van der Waals surface area (Å²) < 4.78 is 0. The second-order valence-corrected chi connectivity index (χ2v) is 6.10. The molecular formula is C20H19N5O. The van der Waals surface area contributed by atoms with Crippen molar-refractivity contribution < 1.29 is 4.79 Å². The lowest BCUT2D eigenvalue weighted by atomic mass is 10.1. The second-order valence-electron chi connectivity index (χ2n) is 6.10. The molecule has 1 unspecified atom stereocenters. The van der Waals surface area contributed by atoms with Gasteiger partial charge in [-0.15, -0.1) is 0 Å². The van der Waals surface area contributed by atoms with Gasteiger partial charge in [0.2, 0.25) is 0 Å². The van der Waals surface area contributed by atoms with E-state index in [0.717, 1.165) is 23.4 Å². The molecule has 6 nitrogen and oxygen atoms in total. The Bertz CT molecular complexity index is 874. The van der Waals surface area contributed by atoms with Crippen LogP contribution in [0.3, 0.4) is 0 Å². The summed E-state index contributed by atoms with van der Waals surface area (Å²) in [5, 5.41) is 6.30. The van der Waals surface area contributed by atoms with E-state index in [2.05, 4.69) is 25.5 Å². The largest absolute Gasteiger partial charge is 0.358 e. The summed E-state index contributed by atoms with van der Waals surface area (Å²) in [6, 6.07) is 9.61. The third-order valence-corrected chi connectivity index (χ3v) is 4.33. The minimum Gasteiger partial charge on any atom is -0.358 e. The summed E-state index contributed by atoms with van der Waals surface area (Å²) in [7, 11) is 0. The summed E-state index contributed by atoms with van der Waals surface area (Å²) in [5.41, 5.74) is 3.39. The average molecular weight is 345 g/mol. The van der Waals surface area contributed by atoms with Crippen LogP contribution in [0.2, 0.25) is 0 Å². The van der Waals surface area contributed by atoms with Gasteiger partial charge in [0.1, 0.15) is 11.9 Å². The van der Waals surface area contributed by atoms with Crippen LogP contribution in [-0.2, 0) is 17.8 Å². The maximum absolute atomic E-state index is 12.7. The van der Waals surface area contributed by atoms with Gasteiger partial charge >= 0.3 is 0 Å². The minimum atomic E-state index is -0.135. The molecule has 26 heavy (non-hydrogen) atoms. The molecule has 0 radical (unpaired) electrons. The van der Waals surface area contributed by atoms with Crippen LogP contribution in [0.15, 0.2) is 84.7 Å². The van der Waals surface area contributed by atoms with Crippen molar-refractivity contribution in [1.29, 1.82) is 0 Å². The maximum atomic E-state index is 12.7. The number of aromatic nitrogens is 2. The van der Waals surface area contributed by atoms with Crippen LogP contribution < -0.4 is 10.6 Å². The highest BCUT2D eigenvalue weighted by Gasteiger charge is 2.32. The van der Waals surface area contributed by atoms with Crippen LogP contribution in [0.25, 0.3) is 0 Å². The molecule has 0 bridgehead atoms. The van der Waals surface area contributed by atoms with Gasteiger partial charge in [-0.25, -0.2) is 0 Å². The van der Waals surface area contributed by atoms with E-state index in [9.17, 15) is 4.79 Å². The first-order valence-corrected chi connectivity index (χ1v) is 8.52. The Balaban J connectivity index is 1.49. The first-order valence-electron chi connectivity index (χ1n) is 8.52. The van der Waals surface area contributed by atoms with E-state index >= 15 is 0 Å². The normalized spacial score (nSPS) is 17.8. The van der Waals surface area contributed by atoms with Crippen LogP contribution in [0.5, 0.6) is 0 Å². The first kappa shape index (κ1) is 16.1. The van der Waals surface area contributed by atoms with Gasteiger partial charge in [-0.1, -0.05) is 18.2 Å². The molecule has 130 valence electrons. The van der Waals surface area contributed by atoms with Crippen LogP contribution in [0.4, 0.5) is 0 Å². The van der Waals surface area contributed by atoms with Crippen molar-refractivity contribution in [1.82, 2.24) is 25.5 Å². The van der Waals surface area contributed by atoms with E-state index < -0.39 is 0 Å². The van der Waals surface area contributed by atoms with Crippen LogP contribution >= 0.6 is 0 Å². The number of nitrogens with one attached hydrogen (secondary N) is 2. The topological polar surface area (TPSA) is 70.2 Å². The molecule has 2 aromatic rings. The summed E-state index contributed by atoms with van der Waals surface area (Å²) in [4.78, 5) is 23.2. The van der Waals surface area contributed by atoms with Crippen LogP contribution in [0.1, 0.15) is 11.3 Å². The van der Waals surface area contributed by atoms with E-state index in [1.165, 1.54) is 0 Å². The molecule has 2 aromatic heterocycles. The number of fused-ring (bicyclic) bond motifs is 1. The average Bonchev–Trinajstić information content (AvgIpc) is 3.06. The van der Waals surface area contributed by atoms with Crippen molar-refractivity contribution in [3.05, 3.63) is 96.0 Å². The Kier molecular flexibility index (Phi) is 4.47. The predicted octanol–water partition coefficient (Wildman–Crippen LogP) is 1.86. The number of pyridine rings is 2. The van der Waals surface area contributed by atoms with E-state index in [-0.39, 0.29) is 12.1 Å². The molecule has 2 N–H and O–H groups in total. The molecule has 0 aromatic carbocycles. The first-order chi connectivity index (χ1) is 12.8. The van der Waals surface area contributed by atoms with Crippen molar-refractivity contribution in [2.75, 3.05) is 0 Å². The van der Waals surface area contributed by atoms with Gasteiger partial charge < -0.3 is 15.5 Å². The monoisotopic (exact) mass is 345 g/mol. The third kappa shape index (κ3) is 3.35. The van der Waals surface area contributed by atoms with E-state index in [1.807, 2.05) is 61.0 Å². The van der Waals surface area contributed by atoms with E-state index in [1.54, 1.807) is 12.4 Å². The lowest BCUT2D eigenvalue weighted by Crippen LogP contribution is -2.38. The number of amides is 1. The molecule has 0 aliphatic carbocycles. The lowest BCUT2D eigenvalue weighted by molar-refractivity contribution is -0.118. The van der Waals surface area contributed by atoms with Gasteiger partial charge in [0, 0.05) is 31.2 Å². The van der Waals surface area contributed by atoms with Crippen molar-refractivity contribution in [2.45, 2.75) is 19.1 Å². The molecule has 1 atom stereocenters. The molecule has 0 spiro atoms. The molecule has 4 heterocycles. The van der Waals surface area contributed by atoms with Crippen molar-refractivity contribution in [3.63, 3.8) is 0 Å². The number of carbonyl (C=O) groups is 1. The number of hydrogen-bond donors (Lipinski definition) is 2. The summed E-state index contributed by atoms with van der Waals surface area (Å²) in [5.74, 6) is -0.135. The number of allylic oxidation sites excluding steroid dienone is 3. The zero-order valence-electron chi connectivity index (χ0n) is 14.2. The summed E-state index contributed by atoms with van der Waals surface area (Å²) in [6.07, 6.45) is 13.9. The van der Waals surface area contributed by atoms with Gasteiger partial charge in [0.05, 0.1) is 17.9 Å². The highest BCUT2D eigenvalue weighted by atomic mass is 16.2. The zero-order chi connectivity index (χ0) is 17.8. The Labute approximate surface area is 152 Å².